The molecule has 0 saturated heterocycles. The molecule has 0 aliphatic carbocycles. The molecule has 6 heteroatoms. The van der Waals surface area contributed by atoms with Crippen LogP contribution in [0.15, 0.2) is 10.9 Å². The van der Waals surface area contributed by atoms with Crippen LogP contribution in [-0.2, 0) is 9.53 Å². The second-order valence-corrected chi connectivity index (χ2v) is 2.97. The minimum atomic E-state index is -0.302. The summed E-state index contributed by atoms with van der Waals surface area (Å²) >= 11 is 0. The number of hydrogen-bond acceptors (Lipinski definition) is 5. The Morgan fingerprint density at radius 3 is 3.00 bits per heavy atom. The van der Waals surface area contributed by atoms with Crippen molar-refractivity contribution in [1.29, 1.82) is 0 Å². The number of esters is 1. The van der Waals surface area contributed by atoms with Crippen molar-refractivity contribution in [2.45, 2.75) is 13.3 Å². The summed E-state index contributed by atoms with van der Waals surface area (Å²) < 4.78 is 4.47. The molecule has 1 heterocycles. The first-order valence-corrected chi connectivity index (χ1v) is 4.50. The summed E-state index contributed by atoms with van der Waals surface area (Å²) in [5, 5.41) is 2.86. The van der Waals surface area contributed by atoms with Crippen LogP contribution in [0, 0.1) is 6.92 Å². The number of nitrogens with zero attached hydrogens (tertiary/aromatic N) is 1. The minimum absolute atomic E-state index is 0.219. The van der Waals surface area contributed by atoms with Crippen molar-refractivity contribution in [1.82, 2.24) is 9.97 Å². The number of carbonyl (C=O) groups excluding carboxylic acids is 1. The summed E-state index contributed by atoms with van der Waals surface area (Å²) in [6.45, 7) is 2.08. The maximum atomic E-state index is 11.0. The Labute approximate surface area is 86.7 Å². The van der Waals surface area contributed by atoms with E-state index in [9.17, 15) is 9.59 Å². The second kappa shape index (κ2) is 5.14. The molecule has 0 amide bonds. The lowest BCUT2D eigenvalue weighted by Gasteiger charge is -2.04. The molecule has 0 atom stereocenters. The van der Waals surface area contributed by atoms with Gasteiger partial charge in [-0.05, 0) is 6.92 Å². The maximum Gasteiger partial charge on any atom is 0.307 e. The fraction of sp³-hybridized carbons (Fsp3) is 0.444. The maximum absolute atomic E-state index is 11.0. The number of rotatable bonds is 4. The Hall–Kier alpha value is -1.85. The van der Waals surface area contributed by atoms with Crippen LogP contribution in [0.4, 0.5) is 5.82 Å². The van der Waals surface area contributed by atoms with Gasteiger partial charge < -0.3 is 15.0 Å². The van der Waals surface area contributed by atoms with Gasteiger partial charge in [0.15, 0.2) is 0 Å². The fourth-order valence-electron chi connectivity index (χ4n) is 1.06. The fourth-order valence-corrected chi connectivity index (χ4v) is 1.06. The van der Waals surface area contributed by atoms with Crippen molar-refractivity contribution in [2.75, 3.05) is 19.0 Å². The zero-order valence-corrected chi connectivity index (χ0v) is 8.66. The zero-order chi connectivity index (χ0) is 11.3. The molecule has 1 aromatic heterocycles. The van der Waals surface area contributed by atoms with Crippen LogP contribution in [0.5, 0.6) is 0 Å². The molecule has 0 aromatic carbocycles. The third-order valence-electron chi connectivity index (χ3n) is 1.72. The van der Waals surface area contributed by atoms with Crippen LogP contribution in [0.2, 0.25) is 0 Å². The number of anilines is 1. The average molecular weight is 211 g/mol. The minimum Gasteiger partial charge on any atom is -0.469 e. The monoisotopic (exact) mass is 211 g/mol. The average Bonchev–Trinajstić information content (AvgIpc) is 2.16. The summed E-state index contributed by atoms with van der Waals surface area (Å²) in [5.74, 6) is 0.687. The van der Waals surface area contributed by atoms with Gasteiger partial charge >= 0.3 is 5.97 Å². The summed E-state index contributed by atoms with van der Waals surface area (Å²) in [4.78, 5) is 28.4. The van der Waals surface area contributed by atoms with Gasteiger partial charge in [0.25, 0.3) is 5.56 Å². The summed E-state index contributed by atoms with van der Waals surface area (Å²) in [5.41, 5.74) is -0.219. The predicted octanol–water partition coefficient (Wildman–Crippen LogP) is 0.0533. The molecule has 0 fully saturated rings. The lowest BCUT2D eigenvalue weighted by molar-refractivity contribution is -0.140. The molecule has 15 heavy (non-hydrogen) atoms. The molecule has 82 valence electrons. The van der Waals surface area contributed by atoms with E-state index in [2.05, 4.69) is 20.0 Å². The topological polar surface area (TPSA) is 84.1 Å². The molecule has 1 rings (SSSR count). The lowest BCUT2D eigenvalue weighted by atomic mass is 10.4. The summed E-state index contributed by atoms with van der Waals surface area (Å²) in [7, 11) is 1.33. The Morgan fingerprint density at radius 2 is 2.40 bits per heavy atom. The Balaban J connectivity index is 2.51. The number of aromatic nitrogens is 2. The van der Waals surface area contributed by atoms with Crippen molar-refractivity contribution < 1.29 is 9.53 Å². The predicted molar refractivity (Wildman–Crippen MR) is 54.7 cm³/mol. The highest BCUT2D eigenvalue weighted by atomic mass is 16.5. The second-order valence-electron chi connectivity index (χ2n) is 2.97. The summed E-state index contributed by atoms with van der Waals surface area (Å²) in [6.07, 6.45) is 0.240. The molecule has 2 N–H and O–H groups in total. The highest BCUT2D eigenvalue weighted by Crippen LogP contribution is 1.98. The van der Waals surface area contributed by atoms with Crippen molar-refractivity contribution in [3.63, 3.8) is 0 Å². The molecular weight excluding hydrogens is 198 g/mol. The molecule has 0 radical (unpaired) electrons. The normalized spacial score (nSPS) is 9.73. The number of carbonyl (C=O) groups is 1. The number of ether oxygens (including phenoxy) is 1. The molecule has 0 aliphatic heterocycles. The first-order valence-electron chi connectivity index (χ1n) is 4.50. The van der Waals surface area contributed by atoms with Gasteiger partial charge in [-0.15, -0.1) is 0 Å². The number of aromatic amines is 1. The van der Waals surface area contributed by atoms with E-state index < -0.39 is 0 Å². The van der Waals surface area contributed by atoms with E-state index in [-0.39, 0.29) is 17.9 Å². The Bertz CT molecular complexity index is 400. The summed E-state index contributed by atoms with van der Waals surface area (Å²) in [6, 6.07) is 1.34. The van der Waals surface area contributed by atoms with Crippen LogP contribution >= 0.6 is 0 Å². The molecule has 0 bridgehead atoms. The van der Waals surface area contributed by atoms with E-state index in [0.717, 1.165) is 0 Å². The Kier molecular flexibility index (Phi) is 3.84. The van der Waals surface area contributed by atoms with Gasteiger partial charge in [0, 0.05) is 12.6 Å². The standard InChI is InChI=1S/C9H13N3O3/c1-6-11-7(5-8(13)12-6)10-4-3-9(14)15-2/h5H,3-4H2,1-2H3,(H2,10,11,12,13). The SMILES string of the molecule is COC(=O)CCNc1cc(=O)[nH]c(C)n1. The number of hydrogen-bond donors (Lipinski definition) is 2. The first kappa shape index (κ1) is 11.2. The van der Waals surface area contributed by atoms with Gasteiger partial charge in [0.2, 0.25) is 0 Å². The third-order valence-corrected chi connectivity index (χ3v) is 1.72. The smallest absolute Gasteiger partial charge is 0.307 e. The molecule has 1 aromatic rings. The van der Waals surface area contributed by atoms with E-state index in [4.69, 9.17) is 0 Å². The van der Waals surface area contributed by atoms with Gasteiger partial charge in [-0.25, -0.2) is 4.98 Å². The zero-order valence-electron chi connectivity index (χ0n) is 8.66. The molecule has 0 saturated carbocycles. The van der Waals surface area contributed by atoms with Crippen molar-refractivity contribution in [3.8, 4) is 0 Å². The van der Waals surface area contributed by atoms with Crippen LogP contribution in [0.1, 0.15) is 12.2 Å². The van der Waals surface area contributed by atoms with Crippen LogP contribution in [0.3, 0.4) is 0 Å². The Morgan fingerprint density at radius 1 is 1.67 bits per heavy atom. The molecule has 0 aliphatic rings. The van der Waals surface area contributed by atoms with Crippen LogP contribution in [-0.4, -0.2) is 29.6 Å². The van der Waals surface area contributed by atoms with Crippen molar-refractivity contribution in [3.05, 3.63) is 22.2 Å². The third kappa shape index (κ3) is 3.80. The van der Waals surface area contributed by atoms with Crippen molar-refractivity contribution >= 4 is 11.8 Å². The van der Waals surface area contributed by atoms with Gasteiger partial charge in [0.05, 0.1) is 13.5 Å². The number of nitrogens with one attached hydrogen (secondary N) is 2. The van der Waals surface area contributed by atoms with Gasteiger partial charge in [-0.2, -0.15) is 0 Å². The molecule has 0 unspecified atom stereocenters. The van der Waals surface area contributed by atoms with E-state index in [1.165, 1.54) is 13.2 Å². The first-order chi connectivity index (χ1) is 7.11. The largest absolute Gasteiger partial charge is 0.469 e. The molecule has 6 nitrogen and oxygen atoms in total. The van der Waals surface area contributed by atoms with Crippen molar-refractivity contribution in [2.24, 2.45) is 0 Å². The molecule has 0 spiro atoms. The molecular formula is C9H13N3O3. The number of aryl methyl sites for hydroxylation is 1. The van der Waals surface area contributed by atoms with Crippen LogP contribution < -0.4 is 10.9 Å². The van der Waals surface area contributed by atoms with Gasteiger partial charge in [-0.1, -0.05) is 0 Å². The van der Waals surface area contributed by atoms with E-state index in [0.29, 0.717) is 18.2 Å². The van der Waals surface area contributed by atoms with E-state index in [1.54, 1.807) is 6.92 Å². The van der Waals surface area contributed by atoms with Gasteiger partial charge in [0.1, 0.15) is 11.6 Å². The lowest BCUT2D eigenvalue weighted by Crippen LogP contribution is -2.14. The van der Waals surface area contributed by atoms with E-state index in [1.807, 2.05) is 0 Å². The van der Waals surface area contributed by atoms with E-state index >= 15 is 0 Å². The number of H-pyrrole nitrogens is 1. The quantitative estimate of drug-likeness (QED) is 0.687. The highest BCUT2D eigenvalue weighted by molar-refractivity contribution is 5.69. The van der Waals surface area contributed by atoms with Gasteiger partial charge in [-0.3, -0.25) is 9.59 Å². The van der Waals surface area contributed by atoms with Crippen LogP contribution in [0.25, 0.3) is 0 Å². The number of methoxy groups -OCH3 is 1. The highest BCUT2D eigenvalue weighted by Gasteiger charge is 2.01.